The number of hydrogen-bond acceptors (Lipinski definition) is 5. The Kier molecular flexibility index (Phi) is 8.17. The third-order valence-corrected chi connectivity index (χ3v) is 7.47. The molecule has 0 unspecified atom stereocenters. The average molecular weight is 553 g/mol. The number of benzene rings is 2. The highest BCUT2D eigenvalue weighted by molar-refractivity contribution is 7.92. The number of nitrogens with zero attached hydrogens (tertiary/aromatic N) is 3. The molecule has 0 saturated carbocycles. The molecule has 9 nitrogen and oxygen atoms in total. The zero-order valence-electron chi connectivity index (χ0n) is 19.8. The minimum atomic E-state index is -3.43. The molecule has 0 aromatic heterocycles. The molecule has 193 valence electrons. The lowest BCUT2D eigenvalue weighted by atomic mass is 10.0. The van der Waals surface area contributed by atoms with Gasteiger partial charge < -0.3 is 20.0 Å². The van der Waals surface area contributed by atoms with Crippen LogP contribution in [0.15, 0.2) is 42.5 Å². The molecule has 2 saturated heterocycles. The minimum Gasteiger partial charge on any atom is -0.366 e. The molecule has 0 aliphatic carbocycles. The third-order valence-electron chi connectivity index (χ3n) is 6.14. The molecule has 12 heteroatoms. The van der Waals surface area contributed by atoms with E-state index < -0.39 is 16.1 Å². The average Bonchev–Trinajstić information content (AvgIpc) is 2.79. The Labute approximate surface area is 221 Å². The number of likely N-dealkylation sites (tertiary alicyclic amines) is 1. The largest absolute Gasteiger partial charge is 0.366 e. The number of carbonyl (C=O) groups is 2. The molecule has 2 aromatic rings. The van der Waals surface area contributed by atoms with Crippen LogP contribution in [0.2, 0.25) is 10.0 Å². The molecular weight excluding hydrogens is 525 g/mol. The van der Waals surface area contributed by atoms with Crippen molar-refractivity contribution in [2.24, 2.45) is 0 Å². The van der Waals surface area contributed by atoms with Crippen LogP contribution in [0.3, 0.4) is 0 Å². The van der Waals surface area contributed by atoms with E-state index in [2.05, 4.69) is 10.0 Å². The first-order valence-electron chi connectivity index (χ1n) is 11.5. The van der Waals surface area contributed by atoms with Gasteiger partial charge in [0.25, 0.3) is 0 Å². The monoisotopic (exact) mass is 552 g/mol. The molecule has 2 heterocycles. The fraction of sp³-hybridized carbons (Fsp3) is 0.375. The van der Waals surface area contributed by atoms with Gasteiger partial charge in [0.15, 0.2) is 0 Å². The highest BCUT2D eigenvalue weighted by Gasteiger charge is 2.32. The van der Waals surface area contributed by atoms with Crippen LogP contribution in [0.4, 0.5) is 16.2 Å². The van der Waals surface area contributed by atoms with Crippen LogP contribution in [-0.2, 0) is 21.2 Å². The van der Waals surface area contributed by atoms with Crippen LogP contribution in [0, 0.1) is 6.42 Å². The van der Waals surface area contributed by atoms with Crippen molar-refractivity contribution in [3.8, 4) is 0 Å². The van der Waals surface area contributed by atoms with Crippen LogP contribution in [0.1, 0.15) is 5.56 Å². The number of para-hydroxylation sites is 2. The number of anilines is 2. The Hall–Kier alpha value is -2.69. The van der Waals surface area contributed by atoms with E-state index in [9.17, 15) is 18.0 Å². The van der Waals surface area contributed by atoms with Gasteiger partial charge in [0.2, 0.25) is 15.9 Å². The van der Waals surface area contributed by atoms with Crippen molar-refractivity contribution in [2.45, 2.75) is 12.5 Å². The molecule has 0 spiro atoms. The number of amides is 3. The fourth-order valence-corrected chi connectivity index (χ4v) is 5.08. The summed E-state index contributed by atoms with van der Waals surface area (Å²) in [5, 5.41) is 3.70. The van der Waals surface area contributed by atoms with Gasteiger partial charge in [0.1, 0.15) is 6.04 Å². The molecule has 2 aliphatic rings. The maximum Gasteiger partial charge on any atom is 0.318 e. The van der Waals surface area contributed by atoms with Gasteiger partial charge in [-0.15, -0.1) is 0 Å². The van der Waals surface area contributed by atoms with Gasteiger partial charge in [-0.2, -0.15) is 0 Å². The van der Waals surface area contributed by atoms with Crippen molar-refractivity contribution in [2.75, 3.05) is 55.1 Å². The van der Waals surface area contributed by atoms with Crippen molar-refractivity contribution < 1.29 is 18.0 Å². The van der Waals surface area contributed by atoms with Crippen LogP contribution in [0.5, 0.6) is 0 Å². The van der Waals surface area contributed by atoms with Crippen LogP contribution in [0.25, 0.3) is 0 Å². The Bertz CT molecular complexity index is 1230. The molecule has 2 aliphatic heterocycles. The second-order valence-electron chi connectivity index (χ2n) is 8.85. The SMILES string of the molecule is CS(=O)(=O)Nc1ccccc1N1CCN(C(=O)[C@@H](Cc2ccc(Cl)c(Cl)c2)NC(=O)N2C[CH]C2)CC1. The van der Waals surface area contributed by atoms with Crippen LogP contribution in [-0.4, -0.2) is 81.7 Å². The smallest absolute Gasteiger partial charge is 0.318 e. The lowest BCUT2D eigenvalue weighted by Gasteiger charge is -2.39. The van der Waals surface area contributed by atoms with Crippen molar-refractivity contribution in [3.05, 3.63) is 64.5 Å². The normalized spacial score (nSPS) is 16.8. The summed E-state index contributed by atoms with van der Waals surface area (Å²) in [5.41, 5.74) is 2.04. The quantitative estimate of drug-likeness (QED) is 0.549. The molecule has 0 bridgehead atoms. The summed E-state index contributed by atoms with van der Waals surface area (Å²) in [6.45, 7) is 3.00. The van der Waals surface area contributed by atoms with Crippen molar-refractivity contribution in [1.29, 1.82) is 0 Å². The van der Waals surface area contributed by atoms with Crippen LogP contribution < -0.4 is 14.9 Å². The van der Waals surface area contributed by atoms with E-state index in [1.165, 1.54) is 0 Å². The lowest BCUT2D eigenvalue weighted by molar-refractivity contribution is -0.133. The van der Waals surface area contributed by atoms with Crippen molar-refractivity contribution >= 4 is 56.5 Å². The first-order chi connectivity index (χ1) is 17.1. The second-order valence-corrected chi connectivity index (χ2v) is 11.4. The molecule has 1 atom stereocenters. The summed E-state index contributed by atoms with van der Waals surface area (Å²) >= 11 is 12.2. The highest BCUT2D eigenvalue weighted by Crippen LogP contribution is 2.28. The Morgan fingerprint density at radius 1 is 0.972 bits per heavy atom. The van der Waals surface area contributed by atoms with Gasteiger partial charge in [0, 0.05) is 52.1 Å². The Balaban J connectivity index is 1.45. The van der Waals surface area contributed by atoms with E-state index in [1.807, 2.05) is 23.5 Å². The summed E-state index contributed by atoms with van der Waals surface area (Å²) in [5.74, 6) is -0.180. The number of sulfonamides is 1. The molecule has 2 fully saturated rings. The predicted octanol–water partition coefficient (Wildman–Crippen LogP) is 2.85. The molecule has 1 radical (unpaired) electrons. The van der Waals surface area contributed by atoms with E-state index in [-0.39, 0.29) is 18.4 Å². The van der Waals surface area contributed by atoms with Gasteiger partial charge in [-0.25, -0.2) is 13.2 Å². The van der Waals surface area contributed by atoms with E-state index >= 15 is 0 Å². The zero-order valence-corrected chi connectivity index (χ0v) is 22.1. The number of rotatable bonds is 7. The third kappa shape index (κ3) is 6.54. The topological polar surface area (TPSA) is 102 Å². The fourth-order valence-electron chi connectivity index (χ4n) is 4.19. The number of carbonyl (C=O) groups excluding carboxylic acids is 2. The van der Waals surface area contributed by atoms with Crippen molar-refractivity contribution in [1.82, 2.24) is 15.1 Å². The summed E-state index contributed by atoms with van der Waals surface area (Å²) in [4.78, 5) is 31.6. The minimum absolute atomic E-state index is 0.180. The molecule has 2 N–H and O–H groups in total. The molecule has 4 rings (SSSR count). The lowest BCUT2D eigenvalue weighted by Crippen LogP contribution is -2.58. The molecule has 2 aromatic carbocycles. The van der Waals surface area contributed by atoms with E-state index in [0.29, 0.717) is 55.0 Å². The maximum absolute atomic E-state index is 13.5. The van der Waals surface area contributed by atoms with Crippen LogP contribution >= 0.6 is 23.2 Å². The number of halogens is 2. The summed E-state index contributed by atoms with van der Waals surface area (Å²) in [6, 6.07) is 11.3. The number of urea groups is 1. The number of nitrogens with one attached hydrogen (secondary N) is 2. The summed E-state index contributed by atoms with van der Waals surface area (Å²) < 4.78 is 26.1. The summed E-state index contributed by atoms with van der Waals surface area (Å²) in [7, 11) is -3.43. The first-order valence-corrected chi connectivity index (χ1v) is 14.2. The zero-order chi connectivity index (χ0) is 25.9. The standard InChI is InChI=1S/C24H28Cl2N5O4S/c1-36(34,35)28-20-5-2-3-6-22(20)29-11-13-30(14-12-29)23(32)21(27-24(33)31-9-4-10-31)16-17-7-8-18(25)19(26)15-17/h2-8,15,21,28H,9-14,16H2,1H3,(H,27,33)/t21-/m1/s1. The number of piperazine rings is 1. The van der Waals surface area contributed by atoms with Gasteiger partial charge in [0.05, 0.1) is 27.7 Å². The van der Waals surface area contributed by atoms with E-state index in [0.717, 1.165) is 17.5 Å². The molecule has 3 amide bonds. The van der Waals surface area contributed by atoms with Gasteiger partial charge in [-0.3, -0.25) is 9.52 Å². The highest BCUT2D eigenvalue weighted by atomic mass is 35.5. The van der Waals surface area contributed by atoms with E-state index in [4.69, 9.17) is 23.2 Å². The Morgan fingerprint density at radius 2 is 1.67 bits per heavy atom. The van der Waals surface area contributed by atoms with Gasteiger partial charge in [-0.1, -0.05) is 41.4 Å². The molecular formula is C24H28Cl2N5O4S. The second kappa shape index (κ2) is 11.1. The predicted molar refractivity (Wildman–Crippen MR) is 142 cm³/mol. The van der Waals surface area contributed by atoms with Gasteiger partial charge in [-0.05, 0) is 29.8 Å². The summed E-state index contributed by atoms with van der Waals surface area (Å²) in [6.07, 6.45) is 3.37. The van der Waals surface area contributed by atoms with Gasteiger partial charge >= 0.3 is 6.03 Å². The molecule has 36 heavy (non-hydrogen) atoms. The first kappa shape index (κ1) is 26.4. The maximum atomic E-state index is 13.5. The Morgan fingerprint density at radius 3 is 2.28 bits per heavy atom. The van der Waals surface area contributed by atoms with Crippen molar-refractivity contribution in [3.63, 3.8) is 0 Å². The van der Waals surface area contributed by atoms with E-state index in [1.54, 1.807) is 40.1 Å². The number of hydrogen-bond donors (Lipinski definition) is 2.